The van der Waals surface area contributed by atoms with E-state index in [1.165, 1.54) is 29.8 Å². The van der Waals surface area contributed by atoms with Crippen molar-refractivity contribution in [3.05, 3.63) is 39.0 Å². The number of carbonyl (C=O) groups is 3. The Kier molecular flexibility index (Phi) is 8.65. The third-order valence-electron chi connectivity index (χ3n) is 5.89. The van der Waals surface area contributed by atoms with Crippen LogP contribution in [0.15, 0.2) is 23.2 Å². The van der Waals surface area contributed by atoms with Gasteiger partial charge in [0, 0.05) is 18.5 Å². The number of thiophene rings is 1. The van der Waals surface area contributed by atoms with Crippen molar-refractivity contribution in [2.45, 2.75) is 25.8 Å². The second-order valence-corrected chi connectivity index (χ2v) is 12.7. The summed E-state index contributed by atoms with van der Waals surface area (Å²) >= 11 is 2.46. The number of thiazole rings is 1. The number of rotatable bonds is 10. The molecule has 11 nitrogen and oxygen atoms in total. The van der Waals surface area contributed by atoms with E-state index in [0.717, 1.165) is 33.5 Å². The minimum Gasteiger partial charge on any atom is -0.497 e. The van der Waals surface area contributed by atoms with Gasteiger partial charge in [-0.3, -0.25) is 9.59 Å². The Morgan fingerprint density at radius 1 is 1.11 bits per heavy atom. The number of hydrogen-bond acceptors (Lipinski definition) is 10. The predicted molar refractivity (Wildman–Crippen MR) is 144 cm³/mol. The van der Waals surface area contributed by atoms with E-state index in [1.807, 2.05) is 6.07 Å². The zero-order valence-electron chi connectivity index (χ0n) is 21.1. The number of amides is 2. The fourth-order valence-electron chi connectivity index (χ4n) is 4.22. The molecule has 2 aromatic heterocycles. The number of benzene rings is 1. The molecule has 0 radical (unpaired) electrons. The van der Waals surface area contributed by atoms with Crippen LogP contribution in [0.1, 0.15) is 27.2 Å². The van der Waals surface area contributed by atoms with Crippen LogP contribution in [0, 0.1) is 0 Å². The van der Waals surface area contributed by atoms with Crippen molar-refractivity contribution in [3.63, 3.8) is 0 Å². The second kappa shape index (κ2) is 11.8. The highest BCUT2D eigenvalue weighted by atomic mass is 32.2. The number of fused-ring (bicyclic) bond motifs is 2. The van der Waals surface area contributed by atoms with E-state index in [4.69, 9.17) is 14.2 Å². The Balaban J connectivity index is 1.51. The summed E-state index contributed by atoms with van der Waals surface area (Å²) in [4.78, 5) is 42.9. The number of aryl methyl sites for hydroxylation is 1. The van der Waals surface area contributed by atoms with Crippen molar-refractivity contribution in [1.82, 2.24) is 4.57 Å². The van der Waals surface area contributed by atoms with Gasteiger partial charge in [-0.2, -0.15) is 4.99 Å². The van der Waals surface area contributed by atoms with Crippen molar-refractivity contribution >= 4 is 65.5 Å². The molecule has 1 aromatic carbocycles. The molecule has 0 spiro atoms. The SMILES string of the molecule is COCCn1c(=NC(=O)CS(=O)(=O)CC(=O)Nc2sc3c(c2C(=O)OC)CCC3)sc2cc(OC)ccc21. The highest BCUT2D eigenvalue weighted by Gasteiger charge is 2.29. The summed E-state index contributed by atoms with van der Waals surface area (Å²) in [5.41, 5.74) is 1.89. The Labute approximate surface area is 227 Å². The van der Waals surface area contributed by atoms with Gasteiger partial charge in [0.1, 0.15) is 22.3 Å². The molecule has 0 saturated heterocycles. The van der Waals surface area contributed by atoms with Gasteiger partial charge in [-0.05, 0) is 43.0 Å². The van der Waals surface area contributed by atoms with E-state index in [1.54, 1.807) is 30.9 Å². The molecule has 0 bridgehead atoms. The molecule has 4 rings (SSSR count). The third kappa shape index (κ3) is 6.14. The zero-order valence-corrected chi connectivity index (χ0v) is 23.5. The maximum atomic E-state index is 12.7. The molecule has 0 atom stereocenters. The number of methoxy groups -OCH3 is 3. The van der Waals surface area contributed by atoms with E-state index >= 15 is 0 Å². The molecule has 0 saturated carbocycles. The molecule has 1 aliphatic rings. The van der Waals surface area contributed by atoms with E-state index in [2.05, 4.69) is 10.3 Å². The second-order valence-electron chi connectivity index (χ2n) is 8.50. The van der Waals surface area contributed by atoms with Crippen molar-refractivity contribution < 1.29 is 37.0 Å². The molecule has 2 heterocycles. The highest BCUT2D eigenvalue weighted by molar-refractivity contribution is 7.92. The van der Waals surface area contributed by atoms with Crippen molar-refractivity contribution in [1.29, 1.82) is 0 Å². The summed E-state index contributed by atoms with van der Waals surface area (Å²) in [6, 6.07) is 5.41. The molecule has 204 valence electrons. The zero-order chi connectivity index (χ0) is 27.4. The molecule has 1 N–H and O–H groups in total. The molecule has 14 heteroatoms. The van der Waals surface area contributed by atoms with Gasteiger partial charge in [-0.1, -0.05) is 11.3 Å². The number of sulfone groups is 1. The average molecular weight is 582 g/mol. The van der Waals surface area contributed by atoms with Crippen LogP contribution >= 0.6 is 22.7 Å². The Morgan fingerprint density at radius 2 is 1.89 bits per heavy atom. The van der Waals surface area contributed by atoms with Gasteiger partial charge in [-0.15, -0.1) is 11.3 Å². The molecule has 1 aliphatic carbocycles. The summed E-state index contributed by atoms with van der Waals surface area (Å²) < 4.78 is 43.2. The van der Waals surface area contributed by atoms with Crippen LogP contribution in [0.4, 0.5) is 5.00 Å². The molecular weight excluding hydrogens is 554 g/mol. The van der Waals surface area contributed by atoms with E-state index in [9.17, 15) is 22.8 Å². The Hall–Kier alpha value is -3.07. The molecule has 38 heavy (non-hydrogen) atoms. The molecule has 0 unspecified atom stereocenters. The monoisotopic (exact) mass is 581 g/mol. The van der Waals surface area contributed by atoms with E-state index in [-0.39, 0.29) is 10.6 Å². The van der Waals surface area contributed by atoms with Crippen molar-refractivity contribution in [3.8, 4) is 5.75 Å². The van der Waals surface area contributed by atoms with E-state index < -0.39 is 39.1 Å². The summed E-state index contributed by atoms with van der Waals surface area (Å²) in [7, 11) is 0.206. The van der Waals surface area contributed by atoms with Gasteiger partial charge in [-0.25, -0.2) is 13.2 Å². The maximum absolute atomic E-state index is 12.7. The minimum atomic E-state index is -4.14. The number of ether oxygens (including phenoxy) is 3. The number of esters is 1. The van der Waals surface area contributed by atoms with Gasteiger partial charge >= 0.3 is 5.97 Å². The molecule has 3 aromatic rings. The van der Waals surface area contributed by atoms with Crippen LogP contribution in [0.3, 0.4) is 0 Å². The first kappa shape index (κ1) is 28.0. The summed E-state index contributed by atoms with van der Waals surface area (Å²) in [5.74, 6) is -3.55. The lowest BCUT2D eigenvalue weighted by molar-refractivity contribution is -0.115. The van der Waals surface area contributed by atoms with Gasteiger partial charge in [0.05, 0.1) is 36.6 Å². The lowest BCUT2D eigenvalue weighted by Gasteiger charge is -2.07. The third-order valence-corrected chi connectivity index (χ3v) is 9.52. The van der Waals surface area contributed by atoms with Crippen LogP contribution in [-0.4, -0.2) is 70.2 Å². The summed E-state index contributed by atoms with van der Waals surface area (Å²) in [6.45, 7) is 0.759. The lowest BCUT2D eigenvalue weighted by atomic mass is 10.1. The standard InChI is InChI=1S/C24H27N3O8S3/c1-33-10-9-27-16-8-7-14(34-2)11-18(16)37-24(27)26-20(29)13-38(31,32)12-19(28)25-22-21(23(30)35-3)15-5-4-6-17(15)36-22/h7-8,11H,4-6,9-10,12-13H2,1-3H3,(H,25,28). The van der Waals surface area contributed by atoms with Crippen LogP contribution in [0.25, 0.3) is 10.2 Å². The first-order chi connectivity index (χ1) is 18.2. The van der Waals surface area contributed by atoms with Crippen LogP contribution < -0.4 is 14.9 Å². The van der Waals surface area contributed by atoms with Gasteiger partial charge < -0.3 is 24.1 Å². The summed E-state index contributed by atoms with van der Waals surface area (Å²) in [6.07, 6.45) is 2.37. The number of nitrogens with zero attached hydrogens (tertiary/aromatic N) is 2. The summed E-state index contributed by atoms with van der Waals surface area (Å²) in [5, 5.41) is 2.79. The Bertz CT molecular complexity index is 1570. The topological polar surface area (TPSA) is 142 Å². The number of hydrogen-bond donors (Lipinski definition) is 1. The normalized spacial score (nSPS) is 13.5. The van der Waals surface area contributed by atoms with Crippen LogP contribution in [0.2, 0.25) is 0 Å². The minimum absolute atomic E-state index is 0.262. The lowest BCUT2D eigenvalue weighted by Crippen LogP contribution is -2.28. The van der Waals surface area contributed by atoms with Crippen molar-refractivity contribution in [2.75, 3.05) is 44.8 Å². The number of nitrogens with one attached hydrogen (secondary N) is 1. The number of aromatic nitrogens is 1. The quantitative estimate of drug-likeness (QED) is 0.359. The first-order valence-corrected chi connectivity index (χ1v) is 15.1. The molecule has 2 amide bonds. The van der Waals surface area contributed by atoms with Gasteiger partial charge in [0.2, 0.25) is 5.91 Å². The average Bonchev–Trinajstić information content (AvgIpc) is 3.53. The fourth-order valence-corrected chi connectivity index (χ4v) is 7.63. The molecule has 0 fully saturated rings. The van der Waals surface area contributed by atoms with Crippen molar-refractivity contribution in [2.24, 2.45) is 4.99 Å². The van der Waals surface area contributed by atoms with E-state index in [0.29, 0.717) is 30.1 Å². The fraction of sp³-hybridized carbons (Fsp3) is 0.417. The number of anilines is 1. The molecule has 0 aliphatic heterocycles. The van der Waals surface area contributed by atoms with Gasteiger partial charge in [0.15, 0.2) is 14.6 Å². The largest absolute Gasteiger partial charge is 0.497 e. The highest BCUT2D eigenvalue weighted by Crippen LogP contribution is 2.39. The molecular formula is C24H27N3O8S3. The Morgan fingerprint density at radius 3 is 2.61 bits per heavy atom. The smallest absolute Gasteiger partial charge is 0.341 e. The number of carbonyl (C=O) groups excluding carboxylic acids is 3. The first-order valence-electron chi connectivity index (χ1n) is 11.6. The van der Waals surface area contributed by atoms with Crippen LogP contribution in [-0.2, 0) is 48.3 Å². The maximum Gasteiger partial charge on any atom is 0.341 e. The van der Waals surface area contributed by atoms with Crippen LogP contribution in [0.5, 0.6) is 5.75 Å². The van der Waals surface area contributed by atoms with Gasteiger partial charge in [0.25, 0.3) is 5.91 Å². The predicted octanol–water partition coefficient (Wildman–Crippen LogP) is 2.18.